The van der Waals surface area contributed by atoms with Crippen LogP contribution in [0.2, 0.25) is 0 Å². The quantitative estimate of drug-likeness (QED) is 0.149. The predicted molar refractivity (Wildman–Crippen MR) is 246 cm³/mol. The number of fused-ring (bicyclic) bond motifs is 3. The molecule has 10 aromatic rings. The molecule has 0 spiro atoms. The number of nitriles is 2. The van der Waals surface area contributed by atoms with Crippen molar-refractivity contribution in [3.05, 3.63) is 204 Å². The fourth-order valence-corrected chi connectivity index (χ4v) is 8.62. The van der Waals surface area contributed by atoms with Crippen LogP contribution in [0.5, 0.6) is 0 Å². The summed E-state index contributed by atoms with van der Waals surface area (Å²) in [5, 5.41) is 20.9. The van der Waals surface area contributed by atoms with Gasteiger partial charge in [-0.15, -0.1) is 0 Å². The van der Waals surface area contributed by atoms with E-state index < -0.39 is 23.5 Å². The molecule has 0 fully saturated rings. The number of halogens is 6. The van der Waals surface area contributed by atoms with Gasteiger partial charge in [0.1, 0.15) is 0 Å². The Hall–Kier alpha value is -8.87. The second-order valence-corrected chi connectivity index (χ2v) is 15.6. The Morgan fingerprint density at radius 1 is 0.388 bits per heavy atom. The van der Waals surface area contributed by atoms with E-state index in [0.29, 0.717) is 49.6 Å². The molecule has 6 nitrogen and oxygen atoms in total. The first-order valence-corrected chi connectivity index (χ1v) is 20.8. The Balaban J connectivity index is 1.37. The van der Waals surface area contributed by atoms with E-state index in [1.807, 2.05) is 30.3 Å². The molecule has 0 aliphatic heterocycles. The van der Waals surface area contributed by atoms with Gasteiger partial charge in [0.05, 0.1) is 51.1 Å². The van der Waals surface area contributed by atoms with Crippen LogP contribution in [0.25, 0.3) is 95.0 Å². The summed E-state index contributed by atoms with van der Waals surface area (Å²) in [6.07, 6.45) is -9.78. The van der Waals surface area contributed by atoms with E-state index in [2.05, 4.69) is 6.07 Å². The molecule has 0 N–H and O–H groups in total. The topological polar surface area (TPSA) is 91.2 Å². The summed E-state index contributed by atoms with van der Waals surface area (Å²) in [6.45, 7) is 0. The molecule has 0 aliphatic rings. The minimum atomic E-state index is -4.89. The number of para-hydroxylation sites is 1. The molecule has 0 atom stereocenters. The highest BCUT2D eigenvalue weighted by atomic mass is 19.4. The zero-order valence-corrected chi connectivity index (χ0v) is 34.8. The fraction of sp³-hybridized carbons (Fsp3) is 0.0364. The summed E-state index contributed by atoms with van der Waals surface area (Å²) in [6, 6.07) is 52.4. The average molecular weight is 889 g/mol. The summed E-state index contributed by atoms with van der Waals surface area (Å²) in [5.41, 5.74) is 1.30. The van der Waals surface area contributed by atoms with Gasteiger partial charge in [-0.05, 0) is 76.9 Å². The summed E-state index contributed by atoms with van der Waals surface area (Å²) in [4.78, 5) is 14.5. The number of hydrogen-bond acceptors (Lipinski definition) is 5. The van der Waals surface area contributed by atoms with E-state index in [4.69, 9.17) is 15.0 Å². The predicted octanol–water partition coefficient (Wildman–Crippen LogP) is 14.8. The van der Waals surface area contributed by atoms with Crippen LogP contribution in [0.15, 0.2) is 182 Å². The van der Waals surface area contributed by atoms with Gasteiger partial charge in [0.2, 0.25) is 0 Å². The van der Waals surface area contributed by atoms with Crippen LogP contribution >= 0.6 is 0 Å². The highest BCUT2D eigenvalue weighted by Crippen LogP contribution is 2.49. The van der Waals surface area contributed by atoms with Crippen LogP contribution in [-0.4, -0.2) is 19.5 Å². The van der Waals surface area contributed by atoms with Crippen molar-refractivity contribution in [1.29, 1.82) is 10.5 Å². The van der Waals surface area contributed by atoms with E-state index >= 15 is 26.3 Å². The van der Waals surface area contributed by atoms with E-state index in [9.17, 15) is 10.5 Å². The minimum absolute atomic E-state index is 0.0123. The molecule has 0 radical (unpaired) electrons. The summed E-state index contributed by atoms with van der Waals surface area (Å²) in [5.74, 6) is 0.490. The van der Waals surface area contributed by atoms with Crippen molar-refractivity contribution in [3.63, 3.8) is 0 Å². The molecule has 0 saturated carbocycles. The third kappa shape index (κ3) is 7.70. The van der Waals surface area contributed by atoms with Gasteiger partial charge < -0.3 is 4.57 Å². The maximum absolute atomic E-state index is 15.3. The molecule has 2 aromatic heterocycles. The van der Waals surface area contributed by atoms with Crippen LogP contribution in [0.4, 0.5) is 26.3 Å². The Kier molecular flexibility index (Phi) is 10.4. The normalized spacial score (nSPS) is 11.7. The Morgan fingerprint density at radius 2 is 0.881 bits per heavy atom. The lowest BCUT2D eigenvalue weighted by molar-refractivity contribution is -0.137. The third-order valence-electron chi connectivity index (χ3n) is 11.6. The largest absolute Gasteiger partial charge is 0.417 e. The van der Waals surface area contributed by atoms with Gasteiger partial charge >= 0.3 is 12.4 Å². The van der Waals surface area contributed by atoms with Crippen LogP contribution in [0.1, 0.15) is 22.3 Å². The molecule has 10 rings (SSSR count). The van der Waals surface area contributed by atoms with Gasteiger partial charge in [-0.25, -0.2) is 15.0 Å². The number of rotatable bonds is 7. The molecule has 0 bridgehead atoms. The molecule has 2 heterocycles. The summed E-state index contributed by atoms with van der Waals surface area (Å²) < 4.78 is 93.8. The van der Waals surface area contributed by atoms with Gasteiger partial charge in [0.15, 0.2) is 17.5 Å². The van der Waals surface area contributed by atoms with Gasteiger partial charge in [-0.3, -0.25) is 0 Å². The highest BCUT2D eigenvalue weighted by molar-refractivity contribution is 6.12. The van der Waals surface area contributed by atoms with Gasteiger partial charge in [0, 0.05) is 38.6 Å². The molecule has 67 heavy (non-hydrogen) atoms. The van der Waals surface area contributed by atoms with Crippen LogP contribution < -0.4 is 0 Å². The van der Waals surface area contributed by atoms with E-state index in [1.165, 1.54) is 54.6 Å². The minimum Gasteiger partial charge on any atom is -0.308 e. The fourth-order valence-electron chi connectivity index (χ4n) is 8.62. The molecule has 8 aromatic carbocycles. The molecule has 0 aliphatic carbocycles. The second kappa shape index (κ2) is 16.6. The van der Waals surface area contributed by atoms with Crippen molar-refractivity contribution in [1.82, 2.24) is 19.5 Å². The lowest BCUT2D eigenvalue weighted by atomic mass is 9.88. The number of aromatic nitrogens is 4. The first-order chi connectivity index (χ1) is 32.4. The maximum atomic E-state index is 15.3. The smallest absolute Gasteiger partial charge is 0.308 e. The maximum Gasteiger partial charge on any atom is 0.417 e. The van der Waals surface area contributed by atoms with Gasteiger partial charge in [-0.2, -0.15) is 36.9 Å². The Bertz CT molecular complexity index is 3500. The standard InChI is InChI=1S/C55H30F6N6/c56-54(57,58)46-20-10-7-17-40(46)44-29-37(53-65-51(34-13-3-1-4-14-34)64-52(66-53)35-15-5-2-6-16-35)30-45(41-18-8-11-21-47(41)55(59,60)61)50(44)67-48-22-12-9-19-42(48)43-28-36(24-26-49(43)67)39-25-23-33(31-62)27-38(39)32-63/h1-30H. The number of hydrogen-bond donors (Lipinski definition) is 0. The number of benzene rings is 8. The molecular formula is C55H30F6N6. The number of alkyl halides is 6. The van der Waals surface area contributed by atoms with Crippen LogP contribution in [-0.2, 0) is 12.4 Å². The van der Waals surface area contributed by atoms with Crippen LogP contribution in [0.3, 0.4) is 0 Å². The molecule has 0 saturated heterocycles. The average Bonchev–Trinajstić information content (AvgIpc) is 3.68. The summed E-state index contributed by atoms with van der Waals surface area (Å²) >= 11 is 0. The van der Waals surface area contributed by atoms with Crippen LogP contribution in [0, 0.1) is 22.7 Å². The Morgan fingerprint density at radius 3 is 1.42 bits per heavy atom. The van der Waals surface area contributed by atoms with Gasteiger partial charge in [0.25, 0.3) is 0 Å². The lowest BCUT2D eigenvalue weighted by Gasteiger charge is -2.24. The first kappa shape index (κ1) is 42.1. The SMILES string of the molecule is N#Cc1ccc(-c2ccc3c(c2)c2ccccc2n3-c2c(-c3ccccc3C(F)(F)F)cc(-c3nc(-c4ccccc4)nc(-c4ccccc4)n3)cc2-c2ccccc2C(F)(F)F)c(C#N)c1. The summed E-state index contributed by atoms with van der Waals surface area (Å²) in [7, 11) is 0. The molecule has 322 valence electrons. The van der Waals surface area contributed by atoms with Gasteiger partial charge in [-0.1, -0.05) is 127 Å². The number of nitrogens with zero attached hydrogens (tertiary/aromatic N) is 6. The monoisotopic (exact) mass is 888 g/mol. The molecule has 0 amide bonds. The zero-order chi connectivity index (χ0) is 46.5. The van der Waals surface area contributed by atoms with Crippen molar-refractivity contribution in [2.24, 2.45) is 0 Å². The third-order valence-corrected chi connectivity index (χ3v) is 11.6. The van der Waals surface area contributed by atoms with Crippen molar-refractivity contribution >= 4 is 21.8 Å². The molecule has 0 unspecified atom stereocenters. The van der Waals surface area contributed by atoms with Crippen molar-refractivity contribution < 1.29 is 26.3 Å². The highest BCUT2D eigenvalue weighted by Gasteiger charge is 2.37. The van der Waals surface area contributed by atoms with Crippen molar-refractivity contribution in [2.45, 2.75) is 12.4 Å². The lowest BCUT2D eigenvalue weighted by Crippen LogP contribution is -2.11. The Labute approximate surface area is 379 Å². The zero-order valence-electron chi connectivity index (χ0n) is 34.8. The van der Waals surface area contributed by atoms with E-state index in [1.54, 1.807) is 95.6 Å². The van der Waals surface area contributed by atoms with E-state index in [0.717, 1.165) is 12.1 Å². The second-order valence-electron chi connectivity index (χ2n) is 15.6. The first-order valence-electron chi connectivity index (χ1n) is 20.8. The van der Waals surface area contributed by atoms with Crippen molar-refractivity contribution in [2.75, 3.05) is 0 Å². The van der Waals surface area contributed by atoms with E-state index in [-0.39, 0.29) is 56.5 Å². The molecule has 12 heteroatoms. The van der Waals surface area contributed by atoms with Crippen molar-refractivity contribution in [3.8, 4) is 85.4 Å². The molecular weight excluding hydrogens is 859 g/mol.